The van der Waals surface area contributed by atoms with E-state index >= 15 is 0 Å². The monoisotopic (exact) mass is 512 g/mol. The fraction of sp³-hybridized carbons (Fsp3) is 0.100. The zero-order valence-corrected chi connectivity index (χ0v) is 19.1. The molecule has 1 heterocycles. The largest absolute Gasteiger partial charge is 0.493 e. The smallest absolute Gasteiger partial charge is 0.264 e. The summed E-state index contributed by atoms with van der Waals surface area (Å²) in [5, 5.41) is 3.87. The molecule has 29 heavy (non-hydrogen) atoms. The number of rotatable bonds is 6. The third kappa shape index (κ3) is 5.17. The van der Waals surface area contributed by atoms with Crippen LogP contribution < -0.4 is 14.8 Å². The Morgan fingerprint density at radius 2 is 2.14 bits per heavy atom. The standard InChI is InChI=1S/C20H15BrCl2N2O3S/c1-3-7-28-18-12(21)8-11(9-15(18)27-2)10-16-19(26)25-20(29-16)24-14-6-4-5-13(22)17(14)23/h3-6,8-10H,1,7H2,2H3,(H,24,25,26)/b16-10-. The Morgan fingerprint density at radius 1 is 1.34 bits per heavy atom. The maximum Gasteiger partial charge on any atom is 0.264 e. The molecule has 0 radical (unpaired) electrons. The summed E-state index contributed by atoms with van der Waals surface area (Å²) in [6, 6.07) is 8.76. The topological polar surface area (TPSA) is 59.9 Å². The molecule has 2 aromatic carbocycles. The van der Waals surface area contributed by atoms with Crippen LogP contribution in [0, 0.1) is 0 Å². The lowest BCUT2D eigenvalue weighted by Gasteiger charge is -2.12. The van der Waals surface area contributed by atoms with E-state index in [9.17, 15) is 4.79 Å². The highest BCUT2D eigenvalue weighted by Gasteiger charge is 2.24. The molecule has 5 nitrogen and oxygen atoms in total. The highest BCUT2D eigenvalue weighted by atomic mass is 79.9. The van der Waals surface area contributed by atoms with Gasteiger partial charge in [-0.25, -0.2) is 4.99 Å². The highest BCUT2D eigenvalue weighted by Crippen LogP contribution is 2.39. The number of halogens is 3. The van der Waals surface area contributed by atoms with Gasteiger partial charge in [0.2, 0.25) is 0 Å². The van der Waals surface area contributed by atoms with E-state index in [-0.39, 0.29) is 5.91 Å². The van der Waals surface area contributed by atoms with Crippen LogP contribution in [0.4, 0.5) is 5.69 Å². The molecule has 1 amide bonds. The van der Waals surface area contributed by atoms with Crippen LogP contribution in [0.25, 0.3) is 6.08 Å². The lowest BCUT2D eigenvalue weighted by atomic mass is 10.2. The molecule has 1 fully saturated rings. The number of amidine groups is 1. The molecular weight excluding hydrogens is 499 g/mol. The lowest BCUT2D eigenvalue weighted by molar-refractivity contribution is -0.115. The predicted octanol–water partition coefficient (Wildman–Crippen LogP) is 6.22. The second kappa shape index (κ2) is 9.71. The van der Waals surface area contributed by atoms with E-state index in [4.69, 9.17) is 32.7 Å². The number of aliphatic imine (C=N–C) groups is 1. The molecule has 0 unspecified atom stereocenters. The summed E-state index contributed by atoms with van der Waals surface area (Å²) in [4.78, 5) is 17.2. The van der Waals surface area contributed by atoms with Crippen molar-refractivity contribution in [2.24, 2.45) is 4.99 Å². The number of nitrogens with zero attached hydrogens (tertiary/aromatic N) is 1. The molecule has 1 N–H and O–H groups in total. The molecular formula is C20H15BrCl2N2O3S. The molecule has 1 aliphatic rings. The number of hydrogen-bond acceptors (Lipinski definition) is 5. The van der Waals surface area contributed by atoms with E-state index in [1.807, 2.05) is 6.07 Å². The molecule has 0 aromatic heterocycles. The van der Waals surface area contributed by atoms with Crippen LogP contribution in [0.2, 0.25) is 10.0 Å². The van der Waals surface area contributed by atoms with E-state index < -0.39 is 0 Å². The van der Waals surface area contributed by atoms with Crippen LogP contribution >= 0.6 is 50.9 Å². The molecule has 1 aliphatic heterocycles. The molecule has 0 bridgehead atoms. The van der Waals surface area contributed by atoms with Gasteiger partial charge in [-0.2, -0.15) is 0 Å². The van der Waals surface area contributed by atoms with Crippen molar-refractivity contribution in [1.82, 2.24) is 5.32 Å². The Labute approximate surface area is 190 Å². The molecule has 9 heteroatoms. The molecule has 3 rings (SSSR count). The van der Waals surface area contributed by atoms with Gasteiger partial charge in [-0.05, 0) is 63.6 Å². The summed E-state index contributed by atoms with van der Waals surface area (Å²) in [5.74, 6) is 0.848. The quantitative estimate of drug-likeness (QED) is 0.368. The van der Waals surface area contributed by atoms with Crippen molar-refractivity contribution in [3.8, 4) is 11.5 Å². The van der Waals surface area contributed by atoms with E-state index in [1.165, 1.54) is 11.8 Å². The van der Waals surface area contributed by atoms with Gasteiger partial charge in [0.1, 0.15) is 6.61 Å². The molecule has 0 saturated carbocycles. The van der Waals surface area contributed by atoms with Crippen molar-refractivity contribution in [3.05, 3.63) is 68.0 Å². The van der Waals surface area contributed by atoms with Crippen LogP contribution in [-0.4, -0.2) is 24.8 Å². The summed E-state index contributed by atoms with van der Waals surface area (Å²) in [5.41, 5.74) is 1.25. The Kier molecular flexibility index (Phi) is 7.29. The van der Waals surface area contributed by atoms with E-state index in [1.54, 1.807) is 43.5 Å². The number of nitrogens with one attached hydrogen (secondary N) is 1. The minimum absolute atomic E-state index is 0.256. The fourth-order valence-electron chi connectivity index (χ4n) is 2.43. The van der Waals surface area contributed by atoms with Crippen molar-refractivity contribution in [2.75, 3.05) is 13.7 Å². The van der Waals surface area contributed by atoms with Gasteiger partial charge in [0.05, 0.1) is 32.2 Å². The minimum atomic E-state index is -0.256. The first-order valence-electron chi connectivity index (χ1n) is 8.27. The van der Waals surface area contributed by atoms with Gasteiger partial charge in [-0.15, -0.1) is 0 Å². The summed E-state index contributed by atoms with van der Waals surface area (Å²) < 4.78 is 11.7. The maximum absolute atomic E-state index is 12.4. The Bertz CT molecular complexity index is 1040. The Morgan fingerprint density at radius 3 is 2.86 bits per heavy atom. The van der Waals surface area contributed by atoms with Crippen LogP contribution in [0.15, 0.2) is 57.4 Å². The van der Waals surface area contributed by atoms with Gasteiger partial charge in [0.15, 0.2) is 16.7 Å². The Hall–Kier alpha value is -1.93. The van der Waals surface area contributed by atoms with Crippen molar-refractivity contribution < 1.29 is 14.3 Å². The van der Waals surface area contributed by atoms with Gasteiger partial charge in [-0.1, -0.05) is 41.9 Å². The third-order valence-corrected chi connectivity index (χ3v) is 6.01. The van der Waals surface area contributed by atoms with Crippen molar-refractivity contribution >= 4 is 73.7 Å². The normalized spacial score (nSPS) is 16.2. The molecule has 150 valence electrons. The number of carbonyl (C=O) groups excluding carboxylic acids is 1. The van der Waals surface area contributed by atoms with Gasteiger partial charge < -0.3 is 14.8 Å². The number of thioether (sulfide) groups is 1. The zero-order chi connectivity index (χ0) is 21.0. The average molecular weight is 514 g/mol. The molecule has 0 aliphatic carbocycles. The van der Waals surface area contributed by atoms with E-state index in [2.05, 4.69) is 32.8 Å². The van der Waals surface area contributed by atoms with Crippen molar-refractivity contribution in [3.63, 3.8) is 0 Å². The minimum Gasteiger partial charge on any atom is -0.493 e. The van der Waals surface area contributed by atoms with Crippen molar-refractivity contribution in [1.29, 1.82) is 0 Å². The molecule has 0 spiro atoms. The highest BCUT2D eigenvalue weighted by molar-refractivity contribution is 9.10. The SMILES string of the molecule is C=CCOc1c(Br)cc(/C=C2\SC(=Nc3cccc(Cl)c3Cl)NC2=O)cc1OC. The summed E-state index contributed by atoms with van der Waals surface area (Å²) >= 11 is 16.9. The van der Waals surface area contributed by atoms with Gasteiger partial charge >= 0.3 is 0 Å². The third-order valence-electron chi connectivity index (χ3n) is 3.70. The first-order valence-corrected chi connectivity index (χ1v) is 10.6. The predicted molar refractivity (Wildman–Crippen MR) is 124 cm³/mol. The van der Waals surface area contributed by atoms with Crippen LogP contribution in [-0.2, 0) is 4.79 Å². The number of methoxy groups -OCH3 is 1. The van der Waals surface area contributed by atoms with Crippen LogP contribution in [0.3, 0.4) is 0 Å². The van der Waals surface area contributed by atoms with Gasteiger partial charge in [0, 0.05) is 0 Å². The maximum atomic E-state index is 12.4. The lowest BCUT2D eigenvalue weighted by Crippen LogP contribution is -2.19. The first kappa shape index (κ1) is 21.8. The van der Waals surface area contributed by atoms with Gasteiger partial charge in [0.25, 0.3) is 5.91 Å². The van der Waals surface area contributed by atoms with Crippen molar-refractivity contribution in [2.45, 2.75) is 0 Å². The van der Waals surface area contributed by atoms with Gasteiger partial charge in [-0.3, -0.25) is 4.79 Å². The number of ether oxygens (including phenoxy) is 2. The Balaban J connectivity index is 1.88. The number of hydrogen-bond donors (Lipinski definition) is 1. The van der Waals surface area contributed by atoms with Crippen LogP contribution in [0.5, 0.6) is 11.5 Å². The number of benzene rings is 2. The fourth-order valence-corrected chi connectivity index (χ4v) is 4.17. The number of amides is 1. The second-order valence-corrected chi connectivity index (χ2v) is 8.36. The summed E-state index contributed by atoms with van der Waals surface area (Å²) in [6.07, 6.45) is 3.39. The molecule has 0 atom stereocenters. The first-order chi connectivity index (χ1) is 13.9. The van der Waals surface area contributed by atoms with Crippen LogP contribution in [0.1, 0.15) is 5.56 Å². The number of carbonyl (C=O) groups is 1. The van der Waals surface area contributed by atoms with E-state index in [0.29, 0.717) is 48.4 Å². The van der Waals surface area contributed by atoms with E-state index in [0.717, 1.165) is 5.56 Å². The average Bonchev–Trinajstić information content (AvgIpc) is 3.03. The summed E-state index contributed by atoms with van der Waals surface area (Å²) in [7, 11) is 1.55. The molecule has 1 saturated heterocycles. The summed E-state index contributed by atoms with van der Waals surface area (Å²) in [6.45, 7) is 3.98. The second-order valence-electron chi connectivity index (χ2n) is 5.69. The molecule has 2 aromatic rings. The zero-order valence-electron chi connectivity index (χ0n) is 15.2.